The molecule has 0 unspecified atom stereocenters. The molecular formula is C32H37N7O5. The van der Waals surface area contributed by atoms with Crippen molar-refractivity contribution in [3.05, 3.63) is 83.8 Å². The van der Waals surface area contributed by atoms with Crippen molar-refractivity contribution in [2.75, 3.05) is 30.6 Å². The van der Waals surface area contributed by atoms with Gasteiger partial charge in [-0.1, -0.05) is 6.07 Å². The predicted octanol–water partition coefficient (Wildman–Crippen LogP) is 4.04. The number of pyridine rings is 1. The van der Waals surface area contributed by atoms with Gasteiger partial charge < -0.3 is 25.1 Å². The summed E-state index contributed by atoms with van der Waals surface area (Å²) < 4.78 is 11.9. The van der Waals surface area contributed by atoms with E-state index in [1.54, 1.807) is 57.3 Å². The number of methoxy groups -OCH3 is 1. The van der Waals surface area contributed by atoms with Crippen molar-refractivity contribution >= 4 is 46.2 Å². The fourth-order valence-electron chi connectivity index (χ4n) is 4.24. The lowest BCUT2D eigenvalue weighted by Gasteiger charge is -2.21. The zero-order valence-electron chi connectivity index (χ0n) is 25.5. The number of hydrogen-bond acceptors (Lipinski definition) is 9. The Hall–Kier alpha value is -5.26. The molecule has 4 aromatic rings. The number of imidazole rings is 1. The Morgan fingerprint density at radius 3 is 2.43 bits per heavy atom. The highest BCUT2D eigenvalue weighted by atomic mass is 16.5. The van der Waals surface area contributed by atoms with E-state index in [0.29, 0.717) is 29.0 Å². The third-order valence-electron chi connectivity index (χ3n) is 6.83. The van der Waals surface area contributed by atoms with Crippen LogP contribution in [0.25, 0.3) is 11.0 Å². The van der Waals surface area contributed by atoms with Gasteiger partial charge in [0.05, 0.1) is 36.5 Å². The minimum atomic E-state index is -0.607. The standard InChI is InChI=1S/C32H37N7O5/c1-32(2,3)31(42)44-20-36-29(33)21-9-12-23(13-10-21)35-19-27-37-24-18-22(11-14-25(24)38(27)4)30(41)39(17-15-28(40)43-5)26-8-6-7-16-34-26/h6-14,16,18,35H,15,17,19-20H2,1-5H3,(H2,33,36). The number of carbonyl (C=O) groups is 3. The largest absolute Gasteiger partial charge is 0.469 e. The van der Waals surface area contributed by atoms with Gasteiger partial charge >= 0.3 is 11.9 Å². The molecule has 0 bridgehead atoms. The van der Waals surface area contributed by atoms with E-state index in [2.05, 4.69) is 15.3 Å². The number of hydrogen-bond donors (Lipinski definition) is 2. The van der Waals surface area contributed by atoms with Crippen LogP contribution in [0.3, 0.4) is 0 Å². The van der Waals surface area contributed by atoms with Gasteiger partial charge in [-0.05, 0) is 75.4 Å². The van der Waals surface area contributed by atoms with Crippen LogP contribution in [0.2, 0.25) is 0 Å². The predicted molar refractivity (Wildman–Crippen MR) is 168 cm³/mol. The lowest BCUT2D eigenvalue weighted by atomic mass is 9.98. The minimum Gasteiger partial charge on any atom is -0.469 e. The number of aliphatic imine (C=N–C) groups is 1. The van der Waals surface area contributed by atoms with E-state index >= 15 is 0 Å². The number of anilines is 2. The number of benzene rings is 2. The first kappa shape index (κ1) is 31.7. The van der Waals surface area contributed by atoms with Crippen LogP contribution in [-0.2, 0) is 32.7 Å². The van der Waals surface area contributed by atoms with Crippen molar-refractivity contribution in [2.24, 2.45) is 23.2 Å². The number of amides is 1. The Morgan fingerprint density at radius 1 is 1.05 bits per heavy atom. The number of aromatic nitrogens is 3. The number of rotatable bonds is 11. The van der Waals surface area contributed by atoms with E-state index in [1.165, 1.54) is 12.0 Å². The minimum absolute atomic E-state index is 0.0354. The Kier molecular flexibility index (Phi) is 9.94. The van der Waals surface area contributed by atoms with E-state index in [1.807, 2.05) is 41.9 Å². The van der Waals surface area contributed by atoms with Gasteiger partial charge in [0, 0.05) is 36.6 Å². The van der Waals surface area contributed by atoms with Crippen LogP contribution >= 0.6 is 0 Å². The zero-order chi connectivity index (χ0) is 31.9. The summed E-state index contributed by atoms with van der Waals surface area (Å²) in [6.45, 7) is 5.73. The van der Waals surface area contributed by atoms with Gasteiger partial charge in [0.1, 0.15) is 17.5 Å². The van der Waals surface area contributed by atoms with Crippen molar-refractivity contribution in [2.45, 2.75) is 33.7 Å². The number of esters is 2. The van der Waals surface area contributed by atoms with Crippen molar-refractivity contribution < 1.29 is 23.9 Å². The number of nitrogens with one attached hydrogen (secondary N) is 1. The van der Waals surface area contributed by atoms with E-state index in [-0.39, 0.29) is 37.4 Å². The molecule has 0 aliphatic carbocycles. The van der Waals surface area contributed by atoms with Crippen LogP contribution in [0.15, 0.2) is 71.9 Å². The van der Waals surface area contributed by atoms with Crippen LogP contribution in [0.4, 0.5) is 11.5 Å². The maximum absolute atomic E-state index is 13.5. The Morgan fingerprint density at radius 2 is 1.77 bits per heavy atom. The van der Waals surface area contributed by atoms with Crippen molar-refractivity contribution in [1.29, 1.82) is 0 Å². The highest BCUT2D eigenvalue weighted by Crippen LogP contribution is 2.21. The Bertz CT molecular complexity index is 1660. The molecule has 12 nitrogen and oxygen atoms in total. The van der Waals surface area contributed by atoms with Crippen molar-refractivity contribution in [3.63, 3.8) is 0 Å². The van der Waals surface area contributed by atoms with E-state index < -0.39 is 11.4 Å². The van der Waals surface area contributed by atoms with Gasteiger partial charge in [0.2, 0.25) is 0 Å². The Balaban J connectivity index is 1.44. The number of aryl methyl sites for hydroxylation is 1. The molecule has 44 heavy (non-hydrogen) atoms. The summed E-state index contributed by atoms with van der Waals surface area (Å²) in [7, 11) is 3.23. The van der Waals surface area contributed by atoms with Crippen LogP contribution < -0.4 is 16.0 Å². The average molecular weight is 600 g/mol. The summed E-state index contributed by atoms with van der Waals surface area (Å²) in [5, 5.41) is 3.35. The smallest absolute Gasteiger partial charge is 0.313 e. The SMILES string of the molecule is COC(=O)CCN(C(=O)c1ccc2c(c1)nc(CNc1ccc(/C(N)=N/COC(=O)C(C)(C)C)cc1)n2C)c1ccccn1. The Labute approximate surface area is 255 Å². The summed E-state index contributed by atoms with van der Waals surface area (Å²) in [6.07, 6.45) is 1.63. The highest BCUT2D eigenvalue weighted by Gasteiger charge is 2.23. The summed E-state index contributed by atoms with van der Waals surface area (Å²) >= 11 is 0. The number of fused-ring (bicyclic) bond motifs is 1. The lowest BCUT2D eigenvalue weighted by molar-refractivity contribution is -0.152. The molecule has 2 aromatic carbocycles. The van der Waals surface area contributed by atoms with Gasteiger partial charge in [-0.2, -0.15) is 0 Å². The second kappa shape index (κ2) is 13.8. The number of amidine groups is 1. The molecule has 0 spiro atoms. The third kappa shape index (κ3) is 7.77. The molecule has 12 heteroatoms. The lowest BCUT2D eigenvalue weighted by Crippen LogP contribution is -2.33. The number of nitrogens with zero attached hydrogens (tertiary/aromatic N) is 5. The summed E-state index contributed by atoms with van der Waals surface area (Å²) in [5.41, 5.74) is 8.96. The zero-order valence-corrected chi connectivity index (χ0v) is 25.5. The normalized spacial score (nSPS) is 11.7. The number of nitrogens with two attached hydrogens (primary N) is 1. The van der Waals surface area contributed by atoms with E-state index in [4.69, 9.17) is 20.2 Å². The summed E-state index contributed by atoms with van der Waals surface area (Å²) in [6, 6.07) is 18.0. The van der Waals surface area contributed by atoms with Gasteiger partial charge in [-0.25, -0.2) is 15.0 Å². The molecule has 2 heterocycles. The molecule has 0 aliphatic rings. The molecule has 0 saturated carbocycles. The van der Waals surface area contributed by atoms with E-state index in [9.17, 15) is 14.4 Å². The second-order valence-electron chi connectivity index (χ2n) is 11.0. The molecule has 230 valence electrons. The molecule has 4 rings (SSSR count). The van der Waals surface area contributed by atoms with Gasteiger partial charge in [0.15, 0.2) is 6.73 Å². The molecular weight excluding hydrogens is 562 g/mol. The maximum Gasteiger partial charge on any atom is 0.313 e. The van der Waals surface area contributed by atoms with E-state index in [0.717, 1.165) is 17.0 Å². The first-order valence-electron chi connectivity index (χ1n) is 14.0. The topological polar surface area (TPSA) is 154 Å². The molecule has 0 atom stereocenters. The first-order valence-corrected chi connectivity index (χ1v) is 14.0. The second-order valence-corrected chi connectivity index (χ2v) is 11.0. The van der Waals surface area contributed by atoms with Crippen molar-refractivity contribution in [3.8, 4) is 0 Å². The third-order valence-corrected chi connectivity index (χ3v) is 6.83. The van der Waals surface area contributed by atoms with Gasteiger partial charge in [0.25, 0.3) is 5.91 Å². The summed E-state index contributed by atoms with van der Waals surface area (Å²) in [4.78, 5) is 51.9. The van der Waals surface area contributed by atoms with Crippen LogP contribution in [0.5, 0.6) is 0 Å². The van der Waals surface area contributed by atoms with Gasteiger partial charge in [-0.15, -0.1) is 0 Å². The summed E-state index contributed by atoms with van der Waals surface area (Å²) in [5.74, 6) is 0.417. The fourth-order valence-corrected chi connectivity index (χ4v) is 4.24. The molecule has 0 radical (unpaired) electrons. The molecule has 0 saturated heterocycles. The highest BCUT2D eigenvalue weighted by molar-refractivity contribution is 6.07. The van der Waals surface area contributed by atoms with Crippen LogP contribution in [-0.4, -0.2) is 58.6 Å². The maximum atomic E-state index is 13.5. The average Bonchev–Trinajstić information content (AvgIpc) is 3.34. The molecule has 0 fully saturated rings. The van der Waals surface area contributed by atoms with Crippen molar-refractivity contribution in [1.82, 2.24) is 14.5 Å². The monoisotopic (exact) mass is 599 g/mol. The van der Waals surface area contributed by atoms with Gasteiger partial charge in [-0.3, -0.25) is 19.3 Å². The van der Waals surface area contributed by atoms with Crippen LogP contribution in [0.1, 0.15) is 48.9 Å². The molecule has 1 amide bonds. The first-order chi connectivity index (χ1) is 21.0. The molecule has 0 aliphatic heterocycles. The van der Waals surface area contributed by atoms with Crippen LogP contribution in [0, 0.1) is 5.41 Å². The molecule has 3 N–H and O–H groups in total. The number of ether oxygens (including phenoxy) is 2. The molecule has 2 aromatic heterocycles. The fraction of sp³-hybridized carbons (Fsp3) is 0.312. The number of carbonyl (C=O) groups excluding carboxylic acids is 3. The quantitative estimate of drug-likeness (QED) is 0.148.